The Labute approximate surface area is 42.1 Å². The fourth-order valence-corrected chi connectivity index (χ4v) is 0.0745. The van der Waals surface area contributed by atoms with Gasteiger partial charge in [-0.05, 0) is 6.92 Å². The van der Waals surface area contributed by atoms with Crippen LogP contribution in [0.4, 0.5) is 0 Å². The van der Waals surface area contributed by atoms with Crippen LogP contribution in [-0.4, -0.2) is 10.8 Å². The van der Waals surface area contributed by atoms with Crippen molar-refractivity contribution in [1.29, 1.82) is 0 Å². The van der Waals surface area contributed by atoms with Gasteiger partial charge in [-0.25, -0.2) is 0 Å². The summed E-state index contributed by atoms with van der Waals surface area (Å²) in [6, 6.07) is 0. The molecule has 3 heteroatoms. The molecule has 0 aliphatic carbocycles. The largest absolute Gasteiger partial charge is 0.507 e. The minimum absolute atomic E-state index is 0.0810. The van der Waals surface area contributed by atoms with E-state index in [0.29, 0.717) is 5.71 Å². The average molecular weight is 100 g/mol. The summed E-state index contributed by atoms with van der Waals surface area (Å²) in [6.45, 7) is 4.74. The van der Waals surface area contributed by atoms with Gasteiger partial charge in [0.25, 0.3) is 0 Å². The minimum atomic E-state index is -0.0810. The third kappa shape index (κ3) is 1.81. The molecule has 0 heterocycles. The van der Waals surface area contributed by atoms with E-state index in [0.717, 1.165) is 0 Å². The van der Waals surface area contributed by atoms with Crippen molar-refractivity contribution in [2.75, 3.05) is 0 Å². The summed E-state index contributed by atoms with van der Waals surface area (Å²) in [7, 11) is 0. The molecule has 0 unspecified atom stereocenters. The molecule has 40 valence electrons. The summed E-state index contributed by atoms with van der Waals surface area (Å²) >= 11 is 0. The van der Waals surface area contributed by atoms with Crippen LogP contribution in [0.15, 0.2) is 17.4 Å². The lowest BCUT2D eigenvalue weighted by atomic mass is 10.4. The molecule has 0 radical (unpaired) electrons. The van der Waals surface area contributed by atoms with Crippen LogP contribution in [0.1, 0.15) is 6.92 Å². The van der Waals surface area contributed by atoms with Gasteiger partial charge in [0.1, 0.15) is 5.76 Å². The molecule has 0 aromatic rings. The molecule has 3 nitrogen and oxygen atoms in total. The minimum Gasteiger partial charge on any atom is -0.507 e. The maximum atomic E-state index is 8.42. The lowest BCUT2D eigenvalue weighted by Gasteiger charge is -1.89. The number of rotatable bonds is 1. The number of hydrazone groups is 1. The van der Waals surface area contributed by atoms with E-state index >= 15 is 0 Å². The van der Waals surface area contributed by atoms with Crippen LogP contribution < -0.4 is 5.84 Å². The van der Waals surface area contributed by atoms with E-state index in [1.807, 2.05) is 0 Å². The zero-order valence-electron chi connectivity index (χ0n) is 4.18. The van der Waals surface area contributed by atoms with Crippen LogP contribution in [0, 0.1) is 0 Å². The molecule has 0 aromatic heterocycles. The molecule has 0 atom stereocenters. The van der Waals surface area contributed by atoms with Gasteiger partial charge in [0.05, 0.1) is 5.71 Å². The number of nitrogens with two attached hydrogens (primary N) is 1. The normalized spacial score (nSPS) is 11.3. The summed E-state index contributed by atoms with van der Waals surface area (Å²) in [5.41, 5.74) is 0.361. The Bertz CT molecular complexity index is 106. The second kappa shape index (κ2) is 2.23. The number of aliphatic hydroxyl groups excluding tert-OH is 1. The lowest BCUT2D eigenvalue weighted by Crippen LogP contribution is -1.97. The molecule has 0 saturated carbocycles. The highest BCUT2D eigenvalue weighted by Gasteiger charge is 1.88. The van der Waals surface area contributed by atoms with Gasteiger partial charge in [-0.15, -0.1) is 0 Å². The van der Waals surface area contributed by atoms with Gasteiger partial charge in [-0.1, -0.05) is 6.58 Å². The standard InChI is InChI=1S/C4H8N2O/c1-3(6-5)4(2)7/h7H,2,5H2,1H3/b6-3+. The smallest absolute Gasteiger partial charge is 0.131 e. The second-order valence-electron chi connectivity index (χ2n) is 1.16. The maximum Gasteiger partial charge on any atom is 0.131 e. The molecule has 3 N–H and O–H groups in total. The molecule has 0 fully saturated rings. The first-order valence-electron chi connectivity index (χ1n) is 1.81. The SMILES string of the molecule is C=C(O)/C(C)=N/N. The molecule has 0 aliphatic rings. The van der Waals surface area contributed by atoms with Gasteiger partial charge in [0.2, 0.25) is 0 Å². The zero-order chi connectivity index (χ0) is 5.86. The Morgan fingerprint density at radius 3 is 2.29 bits per heavy atom. The van der Waals surface area contributed by atoms with Crippen LogP contribution in [0.25, 0.3) is 0 Å². The van der Waals surface area contributed by atoms with Crippen LogP contribution in [0.3, 0.4) is 0 Å². The Balaban J connectivity index is 3.82. The lowest BCUT2D eigenvalue weighted by molar-refractivity contribution is 0.445. The molecule has 0 bridgehead atoms. The first kappa shape index (κ1) is 6.01. The van der Waals surface area contributed by atoms with E-state index in [2.05, 4.69) is 11.7 Å². The zero-order valence-corrected chi connectivity index (χ0v) is 4.18. The highest BCUT2D eigenvalue weighted by molar-refractivity contribution is 5.95. The van der Waals surface area contributed by atoms with Gasteiger partial charge in [-0.3, -0.25) is 0 Å². The van der Waals surface area contributed by atoms with Crippen LogP contribution >= 0.6 is 0 Å². The summed E-state index contributed by atoms with van der Waals surface area (Å²) in [5.74, 6) is 4.66. The van der Waals surface area contributed by atoms with E-state index in [4.69, 9.17) is 10.9 Å². The highest BCUT2D eigenvalue weighted by atomic mass is 16.3. The summed E-state index contributed by atoms with van der Waals surface area (Å²) < 4.78 is 0. The predicted octanol–water partition coefficient (Wildman–Crippen LogP) is 0.393. The molecule has 7 heavy (non-hydrogen) atoms. The maximum absolute atomic E-state index is 8.42. The third-order valence-electron chi connectivity index (χ3n) is 0.611. The van der Waals surface area contributed by atoms with E-state index in [1.54, 1.807) is 6.92 Å². The Kier molecular flexibility index (Phi) is 1.91. The van der Waals surface area contributed by atoms with Crippen molar-refractivity contribution in [2.45, 2.75) is 6.92 Å². The van der Waals surface area contributed by atoms with Gasteiger partial charge < -0.3 is 10.9 Å². The van der Waals surface area contributed by atoms with Crippen molar-refractivity contribution < 1.29 is 5.11 Å². The van der Waals surface area contributed by atoms with E-state index < -0.39 is 0 Å². The summed E-state index contributed by atoms with van der Waals surface area (Å²) in [5, 5.41) is 11.6. The number of nitrogens with zero attached hydrogens (tertiary/aromatic N) is 1. The monoisotopic (exact) mass is 100 g/mol. The number of aliphatic hydroxyl groups is 1. The fourth-order valence-electron chi connectivity index (χ4n) is 0.0745. The number of hydrogen-bond acceptors (Lipinski definition) is 3. The topological polar surface area (TPSA) is 58.6 Å². The first-order chi connectivity index (χ1) is 3.18. The highest BCUT2D eigenvalue weighted by Crippen LogP contribution is 1.83. The molecule has 0 amide bonds. The summed E-state index contributed by atoms with van der Waals surface area (Å²) in [4.78, 5) is 0. The van der Waals surface area contributed by atoms with E-state index in [9.17, 15) is 0 Å². The fraction of sp³-hybridized carbons (Fsp3) is 0.250. The molecule has 0 aliphatic heterocycles. The van der Waals surface area contributed by atoms with Crippen molar-refractivity contribution in [3.05, 3.63) is 12.3 Å². The van der Waals surface area contributed by atoms with Crippen LogP contribution in [0.5, 0.6) is 0 Å². The van der Waals surface area contributed by atoms with Crippen molar-refractivity contribution in [1.82, 2.24) is 0 Å². The van der Waals surface area contributed by atoms with Gasteiger partial charge >= 0.3 is 0 Å². The van der Waals surface area contributed by atoms with Crippen molar-refractivity contribution >= 4 is 5.71 Å². The van der Waals surface area contributed by atoms with E-state index in [-0.39, 0.29) is 5.76 Å². The Morgan fingerprint density at radius 1 is 1.86 bits per heavy atom. The Hall–Kier alpha value is -0.990. The van der Waals surface area contributed by atoms with Crippen LogP contribution in [-0.2, 0) is 0 Å². The molecular weight excluding hydrogens is 92.1 g/mol. The van der Waals surface area contributed by atoms with Crippen molar-refractivity contribution in [3.8, 4) is 0 Å². The molecule has 0 spiro atoms. The first-order valence-corrected chi connectivity index (χ1v) is 1.81. The molecule has 0 saturated heterocycles. The third-order valence-corrected chi connectivity index (χ3v) is 0.611. The average Bonchev–Trinajstić information content (AvgIpc) is 1.65. The second-order valence-corrected chi connectivity index (χ2v) is 1.16. The predicted molar refractivity (Wildman–Crippen MR) is 29.1 cm³/mol. The van der Waals surface area contributed by atoms with Crippen LogP contribution in [0.2, 0.25) is 0 Å². The van der Waals surface area contributed by atoms with E-state index in [1.165, 1.54) is 0 Å². The number of allylic oxidation sites excluding steroid dienone is 1. The van der Waals surface area contributed by atoms with Gasteiger partial charge in [-0.2, -0.15) is 5.10 Å². The molecule has 0 rings (SSSR count). The van der Waals surface area contributed by atoms with Gasteiger partial charge in [0, 0.05) is 0 Å². The van der Waals surface area contributed by atoms with Gasteiger partial charge in [0.15, 0.2) is 0 Å². The van der Waals surface area contributed by atoms with Crippen molar-refractivity contribution in [2.24, 2.45) is 10.9 Å². The summed E-state index contributed by atoms with van der Waals surface area (Å²) in [6.07, 6.45) is 0. The Morgan fingerprint density at radius 2 is 2.29 bits per heavy atom. The van der Waals surface area contributed by atoms with Crippen molar-refractivity contribution in [3.63, 3.8) is 0 Å². The number of hydrogen-bond donors (Lipinski definition) is 2. The quantitative estimate of drug-likeness (QED) is 0.217. The molecule has 0 aromatic carbocycles. The molecular formula is C4H8N2O.